The average molecular weight is 785 g/mol. The molecule has 0 aliphatic heterocycles. The molecule has 0 fully saturated rings. The average Bonchev–Trinajstić information content (AvgIpc) is 3.50. The van der Waals surface area contributed by atoms with Gasteiger partial charge in [0.15, 0.2) is 24.8 Å². The predicted octanol–water partition coefficient (Wildman–Crippen LogP) is -0.394. The molecule has 0 atom stereocenters. The van der Waals surface area contributed by atoms with Crippen LogP contribution >= 0.6 is 47.0 Å². The summed E-state index contributed by atoms with van der Waals surface area (Å²) in [4.78, 5) is 0. The zero-order valence-electron chi connectivity index (χ0n) is 20.3. The second-order valence-corrected chi connectivity index (χ2v) is 11.4. The second-order valence-electron chi connectivity index (χ2n) is 8.17. The molecule has 36 heavy (non-hydrogen) atoms. The number of unbranched alkanes of at least 4 members (excludes halogenated alkanes) is 5. The fourth-order valence-electron chi connectivity index (χ4n) is 3.61. The largest absolute Gasteiger partial charge is 1.00 e. The number of hydrogen-bond acceptors (Lipinski definition) is 8. The molecule has 0 saturated carbocycles. The molecule has 0 aliphatic carbocycles. The Kier molecular flexibility index (Phi) is 15.2. The van der Waals surface area contributed by atoms with Gasteiger partial charge in [-0.3, -0.25) is 0 Å². The first-order valence-corrected chi connectivity index (χ1v) is 15.0. The molecule has 4 aromatic heterocycles. The molecule has 0 spiro atoms. The third-order valence-corrected chi connectivity index (χ3v) is 8.75. The molecule has 0 aromatic carbocycles. The minimum atomic E-state index is 0. The highest BCUT2D eigenvalue weighted by Gasteiger charge is 2.14. The van der Waals surface area contributed by atoms with E-state index in [4.69, 9.17) is 0 Å². The van der Waals surface area contributed by atoms with Gasteiger partial charge in [-0.1, -0.05) is 25.7 Å². The summed E-state index contributed by atoms with van der Waals surface area (Å²) in [5.41, 5.74) is 4.31. The number of nitrogens with zero attached hydrogens (tertiary/aromatic N) is 6. The first-order valence-electron chi connectivity index (χ1n) is 11.5. The van der Waals surface area contributed by atoms with Crippen LogP contribution in [0, 0.1) is 0 Å². The summed E-state index contributed by atoms with van der Waals surface area (Å²) in [5.74, 6) is 2.20. The highest BCUT2D eigenvalue weighted by molar-refractivity contribution is 7.99. The maximum atomic E-state index is 4.51. The molecular weight excluding hydrogens is 754 g/mol. The van der Waals surface area contributed by atoms with Gasteiger partial charge in [-0.15, -0.1) is 23.5 Å². The van der Waals surface area contributed by atoms with E-state index in [2.05, 4.69) is 63.3 Å². The van der Waals surface area contributed by atoms with E-state index in [0.29, 0.717) is 0 Å². The zero-order chi connectivity index (χ0) is 23.6. The SMILES string of the molecule is C[n+]1cccc(-c2nsnc2SCCCCCCCCSc2nsnc2-c2ccc[n+](C)c2)c1.[I-].[I-]. The van der Waals surface area contributed by atoms with E-state index in [-0.39, 0.29) is 48.0 Å². The summed E-state index contributed by atoms with van der Waals surface area (Å²) in [6, 6.07) is 8.31. The van der Waals surface area contributed by atoms with Crippen LogP contribution in [0.5, 0.6) is 0 Å². The van der Waals surface area contributed by atoms with Gasteiger partial charge < -0.3 is 48.0 Å². The van der Waals surface area contributed by atoms with Crippen molar-refractivity contribution in [3.63, 3.8) is 0 Å². The van der Waals surface area contributed by atoms with Gasteiger partial charge >= 0.3 is 0 Å². The maximum absolute atomic E-state index is 4.51. The fraction of sp³-hybridized carbons (Fsp3) is 0.417. The molecule has 0 saturated heterocycles. The lowest BCUT2D eigenvalue weighted by molar-refractivity contribution is -0.671. The van der Waals surface area contributed by atoms with Crippen LogP contribution in [0.4, 0.5) is 0 Å². The van der Waals surface area contributed by atoms with E-state index in [1.807, 2.05) is 50.0 Å². The van der Waals surface area contributed by atoms with Gasteiger partial charge in [0, 0.05) is 12.1 Å². The van der Waals surface area contributed by atoms with Crippen molar-refractivity contribution in [2.24, 2.45) is 14.1 Å². The normalized spacial score (nSPS) is 10.6. The van der Waals surface area contributed by atoms with E-state index >= 15 is 0 Å². The number of thioether (sulfide) groups is 2. The quantitative estimate of drug-likeness (QED) is 0.0798. The van der Waals surface area contributed by atoms with E-state index in [1.165, 1.54) is 62.0 Å². The van der Waals surface area contributed by atoms with E-state index < -0.39 is 0 Å². The number of halogens is 2. The lowest BCUT2D eigenvalue weighted by Crippen LogP contribution is -3.00. The molecule has 0 aliphatic rings. The smallest absolute Gasteiger partial charge is 0.178 e. The summed E-state index contributed by atoms with van der Waals surface area (Å²) in [7, 11) is 4.07. The molecule has 4 aromatic rings. The van der Waals surface area contributed by atoms with Gasteiger partial charge in [-0.05, 0) is 36.5 Å². The molecule has 12 heteroatoms. The molecule has 6 nitrogen and oxygen atoms in total. The minimum Gasteiger partial charge on any atom is -1.00 e. The zero-order valence-corrected chi connectivity index (χ0v) is 27.9. The lowest BCUT2D eigenvalue weighted by atomic mass is 10.1. The molecule has 0 unspecified atom stereocenters. The molecule has 4 rings (SSSR count). The van der Waals surface area contributed by atoms with Crippen LogP contribution in [-0.4, -0.2) is 29.0 Å². The molecular formula is C24H30I2N6S4. The van der Waals surface area contributed by atoms with Crippen molar-refractivity contribution in [3.05, 3.63) is 49.1 Å². The van der Waals surface area contributed by atoms with E-state index in [9.17, 15) is 0 Å². The molecule has 0 radical (unpaired) electrons. The number of hydrogen-bond donors (Lipinski definition) is 0. The van der Waals surface area contributed by atoms with Crippen LogP contribution in [0.2, 0.25) is 0 Å². The number of pyridine rings is 2. The summed E-state index contributed by atoms with van der Waals surface area (Å²) < 4.78 is 22.2. The van der Waals surface area contributed by atoms with Crippen molar-refractivity contribution in [3.8, 4) is 22.5 Å². The van der Waals surface area contributed by atoms with Crippen LogP contribution in [0.3, 0.4) is 0 Å². The molecule has 0 bridgehead atoms. The van der Waals surface area contributed by atoms with Gasteiger partial charge in [0.25, 0.3) is 0 Å². The van der Waals surface area contributed by atoms with Crippen LogP contribution in [0.25, 0.3) is 22.5 Å². The Morgan fingerprint density at radius 1 is 0.639 bits per heavy atom. The van der Waals surface area contributed by atoms with Crippen LogP contribution < -0.4 is 57.1 Å². The Morgan fingerprint density at radius 2 is 1.06 bits per heavy atom. The van der Waals surface area contributed by atoms with Crippen LogP contribution in [0.15, 0.2) is 59.1 Å². The molecule has 0 N–H and O–H groups in total. The molecule has 0 amide bonds. The summed E-state index contributed by atoms with van der Waals surface area (Å²) in [6.45, 7) is 0. The monoisotopic (exact) mass is 784 g/mol. The Labute approximate surface area is 264 Å². The number of rotatable bonds is 13. The van der Waals surface area contributed by atoms with Crippen molar-refractivity contribution in [2.45, 2.75) is 48.6 Å². The van der Waals surface area contributed by atoms with Gasteiger partial charge in [0.1, 0.15) is 35.5 Å². The Balaban J connectivity index is 0.00000228. The van der Waals surface area contributed by atoms with Crippen LogP contribution in [0.1, 0.15) is 38.5 Å². The summed E-state index contributed by atoms with van der Waals surface area (Å²) >= 11 is 6.28. The van der Waals surface area contributed by atoms with Gasteiger partial charge in [0.05, 0.1) is 34.6 Å². The Bertz CT molecular complexity index is 1090. The van der Waals surface area contributed by atoms with E-state index in [1.54, 1.807) is 0 Å². The maximum Gasteiger partial charge on any atom is 0.178 e. The van der Waals surface area contributed by atoms with Crippen molar-refractivity contribution in [1.29, 1.82) is 0 Å². The predicted molar refractivity (Wildman–Crippen MR) is 142 cm³/mol. The third-order valence-electron chi connectivity index (χ3n) is 5.36. The van der Waals surface area contributed by atoms with Crippen molar-refractivity contribution in [1.82, 2.24) is 17.5 Å². The first-order chi connectivity index (χ1) is 16.7. The minimum absolute atomic E-state index is 0. The third kappa shape index (κ3) is 9.71. The van der Waals surface area contributed by atoms with Gasteiger partial charge in [-0.25, -0.2) is 9.13 Å². The van der Waals surface area contributed by atoms with Gasteiger partial charge in [-0.2, -0.15) is 17.5 Å². The summed E-state index contributed by atoms with van der Waals surface area (Å²) in [5, 5.41) is 2.13. The lowest BCUT2D eigenvalue weighted by Gasteiger charge is -2.03. The van der Waals surface area contributed by atoms with Crippen LogP contribution in [-0.2, 0) is 14.1 Å². The Morgan fingerprint density at radius 3 is 1.47 bits per heavy atom. The fourth-order valence-corrected chi connectivity index (χ4v) is 6.98. The number of aryl methyl sites for hydroxylation is 2. The molecule has 4 heterocycles. The first kappa shape index (κ1) is 31.8. The summed E-state index contributed by atoms with van der Waals surface area (Å²) in [6.07, 6.45) is 15.9. The standard InChI is InChI=1S/C24H30N6S4.2HI/c1-29-13-9-11-19(17-29)21-23(27-33-25-21)31-15-7-5-3-4-6-8-16-32-24-22(26-34-28-24)20-12-10-14-30(2)18-20;;/h9-14,17-18H,3-8,15-16H2,1-2H3;2*1H/q+2;;/p-2. The Hall–Kier alpha value is -0.420. The molecule has 194 valence electrons. The number of aromatic nitrogens is 6. The highest BCUT2D eigenvalue weighted by Crippen LogP contribution is 2.31. The van der Waals surface area contributed by atoms with Crippen molar-refractivity contribution in [2.75, 3.05) is 11.5 Å². The van der Waals surface area contributed by atoms with Crippen molar-refractivity contribution >= 4 is 47.0 Å². The van der Waals surface area contributed by atoms with E-state index in [0.717, 1.165) is 44.1 Å². The van der Waals surface area contributed by atoms with Crippen molar-refractivity contribution < 1.29 is 57.1 Å². The second kappa shape index (κ2) is 17.2. The highest BCUT2D eigenvalue weighted by atomic mass is 127. The topological polar surface area (TPSA) is 59.3 Å². The van der Waals surface area contributed by atoms with Gasteiger partial charge in [0.2, 0.25) is 0 Å².